The van der Waals surface area contributed by atoms with Gasteiger partial charge in [0.15, 0.2) is 17.4 Å². The van der Waals surface area contributed by atoms with Crippen LogP contribution in [0.4, 0.5) is 8.78 Å². The van der Waals surface area contributed by atoms with Gasteiger partial charge in [-0.15, -0.1) is 0 Å². The van der Waals surface area contributed by atoms with Crippen LogP contribution in [0.15, 0.2) is 18.2 Å². The zero-order valence-corrected chi connectivity index (χ0v) is 11.5. The third-order valence-electron chi connectivity index (χ3n) is 2.51. The normalized spacial score (nSPS) is 13.1. The molecule has 1 atom stereocenters. The molecule has 1 aromatic carbocycles. The van der Waals surface area contributed by atoms with Gasteiger partial charge in [-0.2, -0.15) is 0 Å². The molecule has 0 radical (unpaired) electrons. The molecule has 1 rings (SSSR count). The van der Waals surface area contributed by atoms with Gasteiger partial charge in [0, 0.05) is 11.1 Å². The fourth-order valence-electron chi connectivity index (χ4n) is 1.76. The number of carbonyl (C=O) groups excluding carboxylic acids is 1. The van der Waals surface area contributed by atoms with E-state index >= 15 is 0 Å². The quantitative estimate of drug-likeness (QED) is 0.815. The van der Waals surface area contributed by atoms with E-state index in [4.69, 9.17) is 5.11 Å². The van der Waals surface area contributed by atoms with Gasteiger partial charge in [-0.1, -0.05) is 0 Å². The Morgan fingerprint density at radius 1 is 1.25 bits per heavy atom. The first kappa shape index (κ1) is 16.2. The van der Waals surface area contributed by atoms with Crippen LogP contribution < -0.4 is 5.32 Å². The highest BCUT2D eigenvalue weighted by Crippen LogP contribution is 2.14. The van der Waals surface area contributed by atoms with Crippen molar-refractivity contribution < 1.29 is 23.5 Å². The minimum atomic E-state index is -1.15. The Hall–Kier alpha value is -1.82. The molecular weight excluding hydrogens is 268 g/mol. The lowest BCUT2D eigenvalue weighted by molar-refractivity contribution is -0.137. The summed E-state index contributed by atoms with van der Waals surface area (Å²) in [4.78, 5) is 23.0. The molecule has 0 saturated heterocycles. The van der Waals surface area contributed by atoms with Gasteiger partial charge in [0.1, 0.15) is 0 Å². The van der Waals surface area contributed by atoms with Gasteiger partial charge in [0.2, 0.25) is 0 Å². The molecular formula is C14H17F2NO3. The highest BCUT2D eigenvalue weighted by molar-refractivity contribution is 6.01. The summed E-state index contributed by atoms with van der Waals surface area (Å²) in [5.41, 5.74) is -0.555. The number of carbonyl (C=O) groups is 2. The van der Waals surface area contributed by atoms with Crippen molar-refractivity contribution in [3.05, 3.63) is 35.4 Å². The molecule has 1 aromatic rings. The SMILES string of the molecule is CC(C)(C)NC(CC(=O)O)C(=O)c1ccc(F)c(F)c1. The summed E-state index contributed by atoms with van der Waals surface area (Å²) >= 11 is 0. The van der Waals surface area contributed by atoms with Gasteiger partial charge in [-0.05, 0) is 39.0 Å². The van der Waals surface area contributed by atoms with Gasteiger partial charge in [-0.25, -0.2) is 8.78 Å². The average molecular weight is 285 g/mol. The van der Waals surface area contributed by atoms with E-state index in [1.807, 2.05) is 0 Å². The van der Waals surface area contributed by atoms with Crippen LogP contribution in [0, 0.1) is 11.6 Å². The molecule has 0 fully saturated rings. The summed E-state index contributed by atoms with van der Waals surface area (Å²) in [5, 5.41) is 11.7. The van der Waals surface area contributed by atoms with Gasteiger partial charge in [-0.3, -0.25) is 9.59 Å². The number of nitrogens with one attached hydrogen (secondary N) is 1. The Morgan fingerprint density at radius 2 is 1.85 bits per heavy atom. The minimum absolute atomic E-state index is 0.0631. The smallest absolute Gasteiger partial charge is 0.305 e. The average Bonchev–Trinajstić information content (AvgIpc) is 2.28. The maximum atomic E-state index is 13.1. The lowest BCUT2D eigenvalue weighted by Crippen LogP contribution is -2.48. The standard InChI is InChI=1S/C14H17F2NO3/c1-14(2,3)17-11(7-12(18)19)13(20)8-4-5-9(15)10(16)6-8/h4-6,11,17H,7H2,1-3H3,(H,18,19). The lowest BCUT2D eigenvalue weighted by Gasteiger charge is -2.26. The summed E-state index contributed by atoms with van der Waals surface area (Å²) < 4.78 is 26.0. The van der Waals surface area contributed by atoms with Crippen molar-refractivity contribution in [3.63, 3.8) is 0 Å². The maximum absolute atomic E-state index is 13.1. The second-order valence-corrected chi connectivity index (χ2v) is 5.54. The molecule has 20 heavy (non-hydrogen) atoms. The molecule has 6 heteroatoms. The number of hydrogen-bond acceptors (Lipinski definition) is 3. The first-order valence-electron chi connectivity index (χ1n) is 6.09. The van der Waals surface area contributed by atoms with Crippen molar-refractivity contribution in [2.45, 2.75) is 38.8 Å². The number of aliphatic carboxylic acids is 1. The van der Waals surface area contributed by atoms with Crippen molar-refractivity contribution in [1.29, 1.82) is 0 Å². The van der Waals surface area contributed by atoms with E-state index in [2.05, 4.69) is 5.32 Å². The zero-order chi connectivity index (χ0) is 15.5. The monoisotopic (exact) mass is 285 g/mol. The number of ketones is 1. The van der Waals surface area contributed by atoms with Crippen LogP contribution in [0.2, 0.25) is 0 Å². The van der Waals surface area contributed by atoms with Crippen LogP contribution in [0.25, 0.3) is 0 Å². The highest BCUT2D eigenvalue weighted by atomic mass is 19.2. The summed E-state index contributed by atoms with van der Waals surface area (Å²) in [7, 11) is 0. The Kier molecular flexibility index (Phi) is 4.94. The fraction of sp³-hybridized carbons (Fsp3) is 0.429. The molecule has 0 spiro atoms. The Labute approximate surface area is 115 Å². The summed E-state index contributed by atoms with van der Waals surface area (Å²) in [6.07, 6.45) is -0.435. The molecule has 0 aliphatic carbocycles. The number of carboxylic acids is 1. The van der Waals surface area contributed by atoms with E-state index in [1.54, 1.807) is 20.8 Å². The number of rotatable bonds is 5. The first-order chi connectivity index (χ1) is 9.10. The summed E-state index contributed by atoms with van der Waals surface area (Å²) in [6, 6.07) is 1.76. The van der Waals surface area contributed by atoms with E-state index in [0.717, 1.165) is 18.2 Å². The third kappa shape index (κ3) is 4.70. The van der Waals surface area contributed by atoms with Gasteiger partial charge in [0.05, 0.1) is 12.5 Å². The Morgan fingerprint density at radius 3 is 2.30 bits per heavy atom. The van der Waals surface area contributed by atoms with Crippen molar-refractivity contribution in [2.24, 2.45) is 0 Å². The molecule has 2 N–H and O–H groups in total. The Bertz CT molecular complexity index is 524. The van der Waals surface area contributed by atoms with Crippen molar-refractivity contribution in [3.8, 4) is 0 Å². The summed E-state index contributed by atoms with van der Waals surface area (Å²) in [6.45, 7) is 5.33. The minimum Gasteiger partial charge on any atom is -0.481 e. The highest BCUT2D eigenvalue weighted by Gasteiger charge is 2.27. The van der Waals surface area contributed by atoms with Crippen molar-refractivity contribution >= 4 is 11.8 Å². The van der Waals surface area contributed by atoms with Gasteiger partial charge < -0.3 is 10.4 Å². The molecule has 0 aliphatic heterocycles. The summed E-state index contributed by atoms with van der Waals surface area (Å²) in [5.74, 6) is -3.93. The molecule has 110 valence electrons. The van der Waals surface area contributed by atoms with E-state index in [-0.39, 0.29) is 5.56 Å². The van der Waals surface area contributed by atoms with Gasteiger partial charge in [0.25, 0.3) is 0 Å². The van der Waals surface area contributed by atoms with Gasteiger partial charge >= 0.3 is 5.97 Å². The molecule has 1 unspecified atom stereocenters. The molecule has 0 saturated carbocycles. The Balaban J connectivity index is 3.02. The van der Waals surface area contributed by atoms with Crippen LogP contribution in [0.3, 0.4) is 0 Å². The van der Waals surface area contributed by atoms with E-state index in [9.17, 15) is 18.4 Å². The van der Waals surface area contributed by atoms with Crippen LogP contribution in [0.5, 0.6) is 0 Å². The topological polar surface area (TPSA) is 66.4 Å². The van der Waals surface area contributed by atoms with E-state index in [1.165, 1.54) is 0 Å². The number of hydrogen-bond donors (Lipinski definition) is 2. The number of Topliss-reactive ketones (excluding diaryl/α,β-unsaturated/α-hetero) is 1. The van der Waals surface area contributed by atoms with Crippen LogP contribution in [0.1, 0.15) is 37.6 Å². The molecule has 0 heterocycles. The second-order valence-electron chi connectivity index (χ2n) is 5.54. The molecule has 0 aromatic heterocycles. The predicted octanol–water partition coefficient (Wildman–Crippen LogP) is 2.38. The molecule has 4 nitrogen and oxygen atoms in total. The second kappa shape index (κ2) is 6.09. The predicted molar refractivity (Wildman–Crippen MR) is 69.6 cm³/mol. The molecule has 0 bridgehead atoms. The lowest BCUT2D eigenvalue weighted by atomic mass is 9.98. The van der Waals surface area contributed by atoms with Crippen LogP contribution in [-0.2, 0) is 4.79 Å². The number of benzene rings is 1. The maximum Gasteiger partial charge on any atom is 0.305 e. The van der Waals surface area contributed by atoms with Crippen LogP contribution in [-0.4, -0.2) is 28.4 Å². The third-order valence-corrected chi connectivity index (χ3v) is 2.51. The van der Waals surface area contributed by atoms with Crippen LogP contribution >= 0.6 is 0 Å². The zero-order valence-electron chi connectivity index (χ0n) is 11.5. The fourth-order valence-corrected chi connectivity index (χ4v) is 1.76. The largest absolute Gasteiger partial charge is 0.481 e. The van der Waals surface area contributed by atoms with E-state index in [0.29, 0.717) is 0 Å². The number of halogens is 2. The van der Waals surface area contributed by atoms with Crippen molar-refractivity contribution in [2.75, 3.05) is 0 Å². The molecule has 0 amide bonds. The first-order valence-corrected chi connectivity index (χ1v) is 6.09. The van der Waals surface area contributed by atoms with Crippen molar-refractivity contribution in [1.82, 2.24) is 5.32 Å². The molecule has 0 aliphatic rings. The van der Waals surface area contributed by atoms with E-state index < -0.39 is 41.4 Å². The number of carboxylic acid groups (broad SMARTS) is 1.